The zero-order valence-electron chi connectivity index (χ0n) is 13.6. The third-order valence-corrected chi connectivity index (χ3v) is 4.46. The van der Waals surface area contributed by atoms with Gasteiger partial charge in [-0.05, 0) is 30.4 Å². The smallest absolute Gasteiger partial charge is 0.271 e. The summed E-state index contributed by atoms with van der Waals surface area (Å²) in [6.07, 6.45) is 2.19. The van der Waals surface area contributed by atoms with Crippen molar-refractivity contribution in [2.75, 3.05) is 18.0 Å². The van der Waals surface area contributed by atoms with Crippen molar-refractivity contribution in [3.8, 4) is 6.07 Å². The average Bonchev–Trinajstić information content (AvgIpc) is 2.57. The lowest BCUT2D eigenvalue weighted by molar-refractivity contribution is 0.436. The fourth-order valence-electron chi connectivity index (χ4n) is 2.96. The standard InChI is InChI=1S/C18H19FN4O/c1-12-6-8-23(9-7-12)17-14(11-20)18(24)22-16(21-17)10-13-4-2-3-5-15(13)19/h2-5,12H,6-10H2,1H3,(H,21,22,24). The molecule has 0 aliphatic carbocycles. The first-order valence-electron chi connectivity index (χ1n) is 8.10. The molecular weight excluding hydrogens is 307 g/mol. The predicted molar refractivity (Wildman–Crippen MR) is 89.4 cm³/mol. The van der Waals surface area contributed by atoms with Crippen LogP contribution in [0.3, 0.4) is 0 Å². The highest BCUT2D eigenvalue weighted by molar-refractivity contribution is 5.53. The zero-order chi connectivity index (χ0) is 17.1. The van der Waals surface area contributed by atoms with Crippen LogP contribution in [0.5, 0.6) is 0 Å². The number of rotatable bonds is 3. The van der Waals surface area contributed by atoms with Crippen LogP contribution in [0, 0.1) is 23.1 Å². The van der Waals surface area contributed by atoms with Gasteiger partial charge in [0.1, 0.15) is 17.7 Å². The molecule has 0 unspecified atom stereocenters. The summed E-state index contributed by atoms with van der Waals surface area (Å²) >= 11 is 0. The van der Waals surface area contributed by atoms with Gasteiger partial charge in [-0.15, -0.1) is 0 Å². The van der Waals surface area contributed by atoms with Crippen LogP contribution in [-0.4, -0.2) is 23.1 Å². The lowest BCUT2D eigenvalue weighted by atomic mass is 9.99. The van der Waals surface area contributed by atoms with E-state index in [4.69, 9.17) is 0 Å². The molecule has 1 fully saturated rings. The van der Waals surface area contributed by atoms with Crippen molar-refractivity contribution >= 4 is 5.82 Å². The van der Waals surface area contributed by atoms with Crippen LogP contribution in [0.15, 0.2) is 29.1 Å². The van der Waals surface area contributed by atoms with Crippen molar-refractivity contribution < 1.29 is 4.39 Å². The molecule has 5 nitrogen and oxygen atoms in total. The minimum Gasteiger partial charge on any atom is -0.355 e. The van der Waals surface area contributed by atoms with E-state index in [-0.39, 0.29) is 17.8 Å². The summed E-state index contributed by atoms with van der Waals surface area (Å²) in [6, 6.07) is 8.36. The molecule has 2 heterocycles. The third kappa shape index (κ3) is 3.30. The van der Waals surface area contributed by atoms with Gasteiger partial charge in [0.05, 0.1) is 0 Å². The van der Waals surface area contributed by atoms with Gasteiger partial charge in [-0.2, -0.15) is 5.26 Å². The minimum atomic E-state index is -0.465. The number of H-pyrrole nitrogens is 1. The SMILES string of the molecule is CC1CCN(c2nc(Cc3ccccc3F)[nH]c(=O)c2C#N)CC1. The number of benzene rings is 1. The highest BCUT2D eigenvalue weighted by Gasteiger charge is 2.22. The second-order valence-electron chi connectivity index (χ2n) is 6.26. The summed E-state index contributed by atoms with van der Waals surface area (Å²) in [4.78, 5) is 21.3. The van der Waals surface area contributed by atoms with E-state index >= 15 is 0 Å². The number of nitrogens with one attached hydrogen (secondary N) is 1. The Morgan fingerprint density at radius 3 is 2.75 bits per heavy atom. The molecule has 1 aliphatic rings. The first kappa shape index (κ1) is 16.2. The van der Waals surface area contributed by atoms with Gasteiger partial charge in [-0.25, -0.2) is 9.37 Å². The molecule has 1 aliphatic heterocycles. The molecule has 1 N–H and O–H groups in total. The van der Waals surface area contributed by atoms with Crippen molar-refractivity contribution in [2.45, 2.75) is 26.2 Å². The van der Waals surface area contributed by atoms with Gasteiger partial charge in [-0.1, -0.05) is 25.1 Å². The van der Waals surface area contributed by atoms with E-state index in [0.29, 0.717) is 23.1 Å². The Balaban J connectivity index is 1.96. The third-order valence-electron chi connectivity index (χ3n) is 4.46. The van der Waals surface area contributed by atoms with Crippen molar-refractivity contribution in [2.24, 2.45) is 5.92 Å². The summed E-state index contributed by atoms with van der Waals surface area (Å²) in [5.41, 5.74) is 0.0258. The second kappa shape index (κ2) is 6.83. The molecule has 3 rings (SSSR count). The van der Waals surface area contributed by atoms with Crippen LogP contribution in [0.2, 0.25) is 0 Å². The Kier molecular flexibility index (Phi) is 4.61. The van der Waals surface area contributed by atoms with E-state index in [9.17, 15) is 14.4 Å². The Hall–Kier alpha value is -2.68. The summed E-state index contributed by atoms with van der Waals surface area (Å²) in [5, 5.41) is 9.31. The summed E-state index contributed by atoms with van der Waals surface area (Å²) in [5.74, 6) is 1.08. The van der Waals surface area contributed by atoms with Crippen LogP contribution < -0.4 is 10.5 Å². The van der Waals surface area contributed by atoms with Gasteiger partial charge in [0.2, 0.25) is 0 Å². The van der Waals surface area contributed by atoms with E-state index in [1.54, 1.807) is 18.2 Å². The number of halogens is 1. The molecule has 0 saturated carbocycles. The molecule has 0 radical (unpaired) electrons. The molecule has 2 aromatic rings. The van der Waals surface area contributed by atoms with Crippen molar-refractivity contribution in [1.29, 1.82) is 5.26 Å². The maximum absolute atomic E-state index is 13.8. The van der Waals surface area contributed by atoms with Crippen molar-refractivity contribution in [3.05, 3.63) is 57.4 Å². The van der Waals surface area contributed by atoms with E-state index in [2.05, 4.69) is 16.9 Å². The van der Waals surface area contributed by atoms with Crippen LogP contribution >= 0.6 is 0 Å². The van der Waals surface area contributed by atoms with E-state index in [0.717, 1.165) is 25.9 Å². The van der Waals surface area contributed by atoms with Gasteiger partial charge >= 0.3 is 0 Å². The van der Waals surface area contributed by atoms with Gasteiger partial charge in [-0.3, -0.25) is 4.79 Å². The molecule has 0 amide bonds. The highest BCUT2D eigenvalue weighted by atomic mass is 19.1. The van der Waals surface area contributed by atoms with Crippen LogP contribution in [0.4, 0.5) is 10.2 Å². The number of hydrogen-bond acceptors (Lipinski definition) is 4. The lowest BCUT2D eigenvalue weighted by Crippen LogP contribution is -2.36. The summed E-state index contributed by atoms with van der Waals surface area (Å²) in [7, 11) is 0. The predicted octanol–water partition coefficient (Wildman–Crippen LogP) is 2.61. The fraction of sp³-hybridized carbons (Fsp3) is 0.389. The maximum Gasteiger partial charge on any atom is 0.271 e. The Morgan fingerprint density at radius 1 is 1.38 bits per heavy atom. The molecule has 0 bridgehead atoms. The second-order valence-corrected chi connectivity index (χ2v) is 6.26. The fourth-order valence-corrected chi connectivity index (χ4v) is 2.96. The number of anilines is 1. The van der Waals surface area contributed by atoms with Crippen LogP contribution in [0.1, 0.15) is 36.7 Å². The van der Waals surface area contributed by atoms with E-state index < -0.39 is 5.56 Å². The average molecular weight is 326 g/mol. The number of piperidine rings is 1. The van der Waals surface area contributed by atoms with E-state index in [1.807, 2.05) is 11.0 Å². The highest BCUT2D eigenvalue weighted by Crippen LogP contribution is 2.23. The largest absolute Gasteiger partial charge is 0.355 e. The molecule has 1 aromatic heterocycles. The quantitative estimate of drug-likeness (QED) is 0.941. The van der Waals surface area contributed by atoms with Crippen LogP contribution in [-0.2, 0) is 6.42 Å². The van der Waals surface area contributed by atoms with Gasteiger partial charge in [0, 0.05) is 19.5 Å². The molecule has 1 aromatic carbocycles. The molecule has 1 saturated heterocycles. The Morgan fingerprint density at radius 2 is 2.08 bits per heavy atom. The van der Waals surface area contributed by atoms with Gasteiger partial charge in [0.15, 0.2) is 11.4 Å². The molecule has 24 heavy (non-hydrogen) atoms. The monoisotopic (exact) mass is 326 g/mol. The molecule has 6 heteroatoms. The summed E-state index contributed by atoms with van der Waals surface area (Å²) in [6.45, 7) is 3.73. The number of aromatic nitrogens is 2. The Bertz CT molecular complexity index is 832. The first-order valence-corrected chi connectivity index (χ1v) is 8.10. The molecule has 0 spiro atoms. The molecular formula is C18H19FN4O. The summed E-state index contributed by atoms with van der Waals surface area (Å²) < 4.78 is 13.8. The number of nitriles is 1. The topological polar surface area (TPSA) is 72.8 Å². The number of hydrogen-bond donors (Lipinski definition) is 1. The van der Waals surface area contributed by atoms with E-state index in [1.165, 1.54) is 6.07 Å². The van der Waals surface area contributed by atoms with Crippen molar-refractivity contribution in [1.82, 2.24) is 9.97 Å². The van der Waals surface area contributed by atoms with Gasteiger partial charge < -0.3 is 9.88 Å². The normalized spacial score (nSPS) is 15.3. The zero-order valence-corrected chi connectivity index (χ0v) is 13.6. The molecule has 0 atom stereocenters. The Labute approximate surface area is 139 Å². The number of nitrogens with zero attached hydrogens (tertiary/aromatic N) is 3. The van der Waals surface area contributed by atoms with Gasteiger partial charge in [0.25, 0.3) is 5.56 Å². The maximum atomic E-state index is 13.8. The lowest BCUT2D eigenvalue weighted by Gasteiger charge is -2.31. The number of aromatic amines is 1. The molecule has 124 valence electrons. The van der Waals surface area contributed by atoms with Crippen molar-refractivity contribution in [3.63, 3.8) is 0 Å². The van der Waals surface area contributed by atoms with Crippen LogP contribution in [0.25, 0.3) is 0 Å². The first-order chi connectivity index (χ1) is 11.6. The minimum absolute atomic E-state index is 0.0295.